The quantitative estimate of drug-likeness (QED) is 0.608. The van der Waals surface area contributed by atoms with Crippen LogP contribution >= 0.6 is 0 Å². The Balaban J connectivity index is 2.17. The van der Waals surface area contributed by atoms with Gasteiger partial charge in [0, 0.05) is 5.92 Å². The van der Waals surface area contributed by atoms with E-state index in [0.717, 1.165) is 23.1 Å². The van der Waals surface area contributed by atoms with Crippen LogP contribution in [0.25, 0.3) is 0 Å². The summed E-state index contributed by atoms with van der Waals surface area (Å²) in [7, 11) is 0. The maximum absolute atomic E-state index is 9.85. The molecule has 0 heterocycles. The Morgan fingerprint density at radius 1 is 0.818 bits per heavy atom. The van der Waals surface area contributed by atoms with Crippen molar-refractivity contribution in [3.8, 4) is 23.0 Å². The van der Waals surface area contributed by atoms with E-state index in [1.807, 2.05) is 0 Å². The van der Waals surface area contributed by atoms with Crippen LogP contribution in [0.1, 0.15) is 36.5 Å². The molecule has 4 N–H and O–H groups in total. The Labute approximate surface area is 129 Å². The molecule has 0 aliphatic heterocycles. The van der Waals surface area contributed by atoms with Crippen LogP contribution in [0.3, 0.4) is 0 Å². The topological polar surface area (TPSA) is 80.9 Å². The molecule has 0 aromatic heterocycles. The summed E-state index contributed by atoms with van der Waals surface area (Å²) in [6.07, 6.45) is 0.838. The van der Waals surface area contributed by atoms with E-state index in [9.17, 15) is 20.4 Å². The molecule has 0 unspecified atom stereocenters. The molecule has 2 aromatic rings. The van der Waals surface area contributed by atoms with E-state index in [4.69, 9.17) is 0 Å². The highest BCUT2D eigenvalue weighted by atomic mass is 16.3. The molecule has 116 valence electrons. The number of hydrogen-bond donors (Lipinski definition) is 4. The van der Waals surface area contributed by atoms with Crippen LogP contribution in [-0.2, 0) is 6.42 Å². The zero-order valence-electron chi connectivity index (χ0n) is 12.6. The molecule has 1 aliphatic carbocycles. The number of hydrogen-bond acceptors (Lipinski definition) is 4. The molecule has 2 aromatic carbocycles. The van der Waals surface area contributed by atoms with Crippen molar-refractivity contribution >= 4 is 0 Å². The third kappa shape index (κ3) is 2.25. The Kier molecular flexibility index (Phi) is 3.39. The number of phenols is 4. The first-order chi connectivity index (χ1) is 10.4. The van der Waals surface area contributed by atoms with Gasteiger partial charge < -0.3 is 20.4 Å². The molecular formula is C18H20O4. The predicted octanol–water partition coefficient (Wildman–Crippen LogP) is 3.47. The number of phenolic OH excluding ortho intramolecular Hbond substituents is 4. The molecule has 3 atom stereocenters. The van der Waals surface area contributed by atoms with Crippen molar-refractivity contribution in [2.75, 3.05) is 0 Å². The number of rotatable bonds is 1. The smallest absolute Gasteiger partial charge is 0.157 e. The molecular weight excluding hydrogens is 280 g/mol. The van der Waals surface area contributed by atoms with Gasteiger partial charge in [-0.3, -0.25) is 0 Å². The van der Waals surface area contributed by atoms with Crippen LogP contribution in [0.4, 0.5) is 0 Å². The average Bonchev–Trinajstić information content (AvgIpc) is 2.46. The van der Waals surface area contributed by atoms with Gasteiger partial charge in [-0.2, -0.15) is 0 Å². The van der Waals surface area contributed by atoms with E-state index >= 15 is 0 Å². The first-order valence-corrected chi connectivity index (χ1v) is 7.45. The molecule has 0 saturated carbocycles. The maximum Gasteiger partial charge on any atom is 0.157 e. The van der Waals surface area contributed by atoms with E-state index in [1.165, 1.54) is 6.07 Å². The van der Waals surface area contributed by atoms with Gasteiger partial charge in [0.15, 0.2) is 23.0 Å². The van der Waals surface area contributed by atoms with Crippen LogP contribution in [0, 0.1) is 11.8 Å². The summed E-state index contributed by atoms with van der Waals surface area (Å²) in [4.78, 5) is 0. The third-order valence-electron chi connectivity index (χ3n) is 4.90. The fourth-order valence-electron chi connectivity index (χ4n) is 3.46. The van der Waals surface area contributed by atoms with Gasteiger partial charge >= 0.3 is 0 Å². The summed E-state index contributed by atoms with van der Waals surface area (Å²) in [6, 6.07) is 8.09. The van der Waals surface area contributed by atoms with Gasteiger partial charge in [0.2, 0.25) is 0 Å². The second kappa shape index (κ2) is 5.13. The largest absolute Gasteiger partial charge is 0.504 e. The monoisotopic (exact) mass is 300 g/mol. The highest BCUT2D eigenvalue weighted by Gasteiger charge is 2.33. The van der Waals surface area contributed by atoms with E-state index < -0.39 is 0 Å². The van der Waals surface area contributed by atoms with Crippen LogP contribution in [-0.4, -0.2) is 20.4 Å². The summed E-state index contributed by atoms with van der Waals surface area (Å²) >= 11 is 0. The van der Waals surface area contributed by atoms with Crippen LogP contribution in [0.5, 0.6) is 23.0 Å². The zero-order valence-corrected chi connectivity index (χ0v) is 12.6. The molecule has 3 rings (SSSR count). The lowest BCUT2D eigenvalue weighted by atomic mass is 9.68. The molecule has 0 radical (unpaired) electrons. The third-order valence-corrected chi connectivity index (χ3v) is 4.90. The normalized spacial score (nSPS) is 24.0. The molecule has 4 nitrogen and oxygen atoms in total. The van der Waals surface area contributed by atoms with Gasteiger partial charge in [-0.05, 0) is 59.2 Å². The lowest BCUT2D eigenvalue weighted by Gasteiger charge is -2.36. The molecule has 0 amide bonds. The van der Waals surface area contributed by atoms with Gasteiger partial charge in [0.1, 0.15) is 0 Å². The van der Waals surface area contributed by atoms with Gasteiger partial charge in [-0.15, -0.1) is 0 Å². The van der Waals surface area contributed by atoms with E-state index in [0.29, 0.717) is 11.8 Å². The molecule has 0 saturated heterocycles. The van der Waals surface area contributed by atoms with Crippen molar-refractivity contribution in [3.63, 3.8) is 0 Å². The minimum atomic E-state index is -0.146. The van der Waals surface area contributed by atoms with Crippen LogP contribution < -0.4 is 0 Å². The Bertz CT molecular complexity index is 723. The lowest BCUT2D eigenvalue weighted by molar-refractivity contribution is 0.321. The van der Waals surface area contributed by atoms with Crippen LogP contribution in [0.2, 0.25) is 0 Å². The molecule has 22 heavy (non-hydrogen) atoms. The fraction of sp³-hybridized carbons (Fsp3) is 0.333. The van der Waals surface area contributed by atoms with Crippen molar-refractivity contribution in [2.24, 2.45) is 11.8 Å². The Morgan fingerprint density at radius 2 is 1.45 bits per heavy atom. The lowest BCUT2D eigenvalue weighted by Crippen LogP contribution is -2.26. The highest BCUT2D eigenvalue weighted by Crippen LogP contribution is 2.47. The number of benzene rings is 2. The highest BCUT2D eigenvalue weighted by molar-refractivity contribution is 5.52. The van der Waals surface area contributed by atoms with Gasteiger partial charge in [0.25, 0.3) is 0 Å². The van der Waals surface area contributed by atoms with Crippen molar-refractivity contribution < 1.29 is 20.4 Å². The maximum atomic E-state index is 9.85. The second-order valence-corrected chi connectivity index (χ2v) is 6.31. The summed E-state index contributed by atoms with van der Waals surface area (Å²) < 4.78 is 0. The zero-order chi connectivity index (χ0) is 16.0. The van der Waals surface area contributed by atoms with Crippen LogP contribution in [0.15, 0.2) is 30.3 Å². The SMILES string of the molecule is C[C@H]1[C@@H](c2ccc(O)c(O)c2)c2cc(O)c(O)cc2C[C@H]1C. The summed E-state index contributed by atoms with van der Waals surface area (Å²) in [6.45, 7) is 4.30. The van der Waals surface area contributed by atoms with E-state index in [2.05, 4.69) is 13.8 Å². The number of aromatic hydroxyl groups is 4. The Hall–Kier alpha value is -2.36. The standard InChI is InChI=1S/C18H20O4/c1-9-5-12-7-16(21)17(22)8-13(12)18(10(9)2)11-3-4-14(19)15(20)6-11/h3-4,6-10,18-22H,5H2,1-2H3/t9-,10-,18+/m1/s1. The first-order valence-electron chi connectivity index (χ1n) is 7.45. The predicted molar refractivity (Wildman–Crippen MR) is 83.4 cm³/mol. The summed E-state index contributed by atoms with van der Waals surface area (Å²) in [5.41, 5.74) is 2.87. The van der Waals surface area contributed by atoms with Crippen molar-refractivity contribution in [1.82, 2.24) is 0 Å². The summed E-state index contributed by atoms with van der Waals surface area (Å²) in [5.74, 6) is 0.178. The molecule has 4 heteroatoms. The van der Waals surface area contributed by atoms with E-state index in [-0.39, 0.29) is 28.9 Å². The minimum absolute atomic E-state index is 0.00301. The van der Waals surface area contributed by atoms with Gasteiger partial charge in [-0.1, -0.05) is 19.9 Å². The Morgan fingerprint density at radius 3 is 2.14 bits per heavy atom. The molecule has 1 aliphatic rings. The first kappa shape index (κ1) is 14.6. The van der Waals surface area contributed by atoms with Crippen molar-refractivity contribution in [1.29, 1.82) is 0 Å². The molecule has 0 fully saturated rings. The van der Waals surface area contributed by atoms with Gasteiger partial charge in [-0.25, -0.2) is 0 Å². The minimum Gasteiger partial charge on any atom is -0.504 e. The van der Waals surface area contributed by atoms with E-state index in [1.54, 1.807) is 24.3 Å². The van der Waals surface area contributed by atoms with Gasteiger partial charge in [0.05, 0.1) is 0 Å². The number of fused-ring (bicyclic) bond motifs is 1. The molecule has 0 bridgehead atoms. The second-order valence-electron chi connectivity index (χ2n) is 6.31. The average molecular weight is 300 g/mol. The summed E-state index contributed by atoms with van der Waals surface area (Å²) in [5, 5.41) is 38.9. The molecule has 0 spiro atoms. The fourth-order valence-corrected chi connectivity index (χ4v) is 3.46. The van der Waals surface area contributed by atoms with Crippen molar-refractivity contribution in [2.45, 2.75) is 26.2 Å². The van der Waals surface area contributed by atoms with Crippen molar-refractivity contribution in [3.05, 3.63) is 47.0 Å².